The lowest BCUT2D eigenvalue weighted by Gasteiger charge is -2.27. The number of nitrogens with zero attached hydrogens (tertiary/aromatic N) is 2. The summed E-state index contributed by atoms with van der Waals surface area (Å²) in [5.41, 5.74) is 0. The molecule has 0 heterocycles. The second-order valence-corrected chi connectivity index (χ2v) is 5.26. The Morgan fingerprint density at radius 2 is 1.83 bits per heavy atom. The van der Waals surface area contributed by atoms with E-state index in [0.717, 1.165) is 32.5 Å². The number of hydrogen-bond acceptors (Lipinski definition) is 3. The average Bonchev–Trinajstić information content (AvgIpc) is 2.36. The van der Waals surface area contributed by atoms with Gasteiger partial charge in [-0.1, -0.05) is 26.7 Å². The maximum Gasteiger partial charge on any atom is 0.0965 e. The van der Waals surface area contributed by atoms with Gasteiger partial charge in [0, 0.05) is 12.6 Å². The summed E-state index contributed by atoms with van der Waals surface area (Å²) in [7, 11) is 0. The molecule has 0 bridgehead atoms. The van der Waals surface area contributed by atoms with Crippen molar-refractivity contribution in [3.63, 3.8) is 0 Å². The van der Waals surface area contributed by atoms with Crippen LogP contribution in [0, 0.1) is 11.3 Å². The van der Waals surface area contributed by atoms with Crippen LogP contribution in [-0.2, 0) is 0 Å². The lowest BCUT2D eigenvalue weighted by Crippen LogP contribution is -2.37. The van der Waals surface area contributed by atoms with Gasteiger partial charge in [0.2, 0.25) is 0 Å². The van der Waals surface area contributed by atoms with Crippen LogP contribution in [0.5, 0.6) is 0 Å². The van der Waals surface area contributed by atoms with E-state index in [4.69, 9.17) is 5.26 Å². The van der Waals surface area contributed by atoms with Crippen molar-refractivity contribution >= 4 is 0 Å². The Morgan fingerprint density at radius 1 is 1.11 bits per heavy atom. The molecule has 0 saturated carbocycles. The molecule has 0 spiro atoms. The molecule has 3 nitrogen and oxygen atoms in total. The van der Waals surface area contributed by atoms with E-state index in [0.29, 0.717) is 6.04 Å². The first-order chi connectivity index (χ1) is 8.65. The quantitative estimate of drug-likeness (QED) is 0.575. The summed E-state index contributed by atoms with van der Waals surface area (Å²) in [5, 5.41) is 12.4. The number of nitriles is 1. The van der Waals surface area contributed by atoms with Gasteiger partial charge in [0.1, 0.15) is 0 Å². The van der Waals surface area contributed by atoms with Crippen molar-refractivity contribution in [1.29, 1.82) is 5.26 Å². The minimum atomic E-state index is 0.0115. The van der Waals surface area contributed by atoms with Gasteiger partial charge < -0.3 is 10.2 Å². The summed E-state index contributed by atoms with van der Waals surface area (Å²) in [6, 6.07) is 2.95. The maximum atomic E-state index is 9.09. The second kappa shape index (κ2) is 11.5. The molecule has 1 unspecified atom stereocenters. The summed E-state index contributed by atoms with van der Waals surface area (Å²) in [6.45, 7) is 12.0. The molecule has 0 aromatic heterocycles. The predicted octanol–water partition coefficient (Wildman–Crippen LogP) is 3.17. The molecule has 0 aliphatic rings. The molecule has 0 aliphatic heterocycles. The topological polar surface area (TPSA) is 39.1 Å². The fourth-order valence-electron chi connectivity index (χ4n) is 2.02. The van der Waals surface area contributed by atoms with Crippen molar-refractivity contribution in [1.82, 2.24) is 10.2 Å². The minimum absolute atomic E-state index is 0.0115. The van der Waals surface area contributed by atoms with E-state index in [-0.39, 0.29) is 6.04 Å². The number of rotatable bonds is 11. The summed E-state index contributed by atoms with van der Waals surface area (Å²) < 4.78 is 0. The molecule has 0 saturated heterocycles. The zero-order valence-corrected chi connectivity index (χ0v) is 12.7. The third kappa shape index (κ3) is 8.49. The average molecular weight is 253 g/mol. The SMILES string of the molecule is CCCCCN(CCC(C#N)NCCC)C(C)C. The normalized spacial score (nSPS) is 12.9. The summed E-state index contributed by atoms with van der Waals surface area (Å²) in [5.74, 6) is 0. The zero-order chi connectivity index (χ0) is 13.8. The molecule has 1 N–H and O–H groups in total. The van der Waals surface area contributed by atoms with E-state index >= 15 is 0 Å². The van der Waals surface area contributed by atoms with Gasteiger partial charge in [-0.05, 0) is 46.2 Å². The summed E-state index contributed by atoms with van der Waals surface area (Å²) >= 11 is 0. The van der Waals surface area contributed by atoms with Gasteiger partial charge >= 0.3 is 0 Å². The van der Waals surface area contributed by atoms with E-state index < -0.39 is 0 Å². The second-order valence-electron chi connectivity index (χ2n) is 5.26. The van der Waals surface area contributed by atoms with Crippen LogP contribution in [0.2, 0.25) is 0 Å². The molecule has 0 aliphatic carbocycles. The van der Waals surface area contributed by atoms with Crippen LogP contribution in [0.3, 0.4) is 0 Å². The van der Waals surface area contributed by atoms with Crippen LogP contribution in [0.25, 0.3) is 0 Å². The number of nitrogens with one attached hydrogen (secondary N) is 1. The van der Waals surface area contributed by atoms with E-state index in [9.17, 15) is 0 Å². The molecular formula is C15H31N3. The Kier molecular flexibility index (Phi) is 11.1. The number of unbranched alkanes of at least 4 members (excludes halogenated alkanes) is 2. The molecule has 18 heavy (non-hydrogen) atoms. The van der Waals surface area contributed by atoms with E-state index in [1.807, 2.05) is 0 Å². The first-order valence-electron chi connectivity index (χ1n) is 7.52. The third-order valence-electron chi connectivity index (χ3n) is 3.28. The van der Waals surface area contributed by atoms with Gasteiger partial charge in [-0.15, -0.1) is 0 Å². The van der Waals surface area contributed by atoms with Gasteiger partial charge in [-0.25, -0.2) is 0 Å². The molecule has 3 heteroatoms. The van der Waals surface area contributed by atoms with Crippen molar-refractivity contribution in [2.24, 2.45) is 0 Å². The molecule has 0 aromatic carbocycles. The van der Waals surface area contributed by atoms with Crippen molar-refractivity contribution in [3.8, 4) is 6.07 Å². The van der Waals surface area contributed by atoms with Gasteiger partial charge in [-0.3, -0.25) is 0 Å². The smallest absolute Gasteiger partial charge is 0.0965 e. The number of hydrogen-bond donors (Lipinski definition) is 1. The standard InChI is InChI=1S/C15H31N3/c1-5-7-8-11-18(14(3)4)12-9-15(13-16)17-10-6-2/h14-15,17H,5-12H2,1-4H3. The van der Waals surface area contributed by atoms with Crippen LogP contribution >= 0.6 is 0 Å². The largest absolute Gasteiger partial charge is 0.302 e. The van der Waals surface area contributed by atoms with Crippen LogP contribution in [0.1, 0.15) is 59.8 Å². The Balaban J connectivity index is 3.96. The van der Waals surface area contributed by atoms with Crippen LogP contribution in [0.15, 0.2) is 0 Å². The fraction of sp³-hybridized carbons (Fsp3) is 0.933. The molecule has 0 radical (unpaired) electrons. The van der Waals surface area contributed by atoms with E-state index in [2.05, 4.69) is 44.0 Å². The molecule has 0 aromatic rings. The molecule has 0 amide bonds. The molecule has 0 rings (SSSR count). The molecule has 106 valence electrons. The molecule has 1 atom stereocenters. The van der Waals surface area contributed by atoms with Crippen LogP contribution in [0.4, 0.5) is 0 Å². The van der Waals surface area contributed by atoms with Crippen molar-refractivity contribution in [3.05, 3.63) is 0 Å². The Labute approximate surface area is 114 Å². The third-order valence-corrected chi connectivity index (χ3v) is 3.28. The van der Waals surface area contributed by atoms with Crippen molar-refractivity contribution < 1.29 is 0 Å². The molecular weight excluding hydrogens is 222 g/mol. The van der Waals surface area contributed by atoms with Gasteiger partial charge in [-0.2, -0.15) is 5.26 Å². The maximum absolute atomic E-state index is 9.09. The van der Waals surface area contributed by atoms with Crippen molar-refractivity contribution in [2.45, 2.75) is 71.9 Å². The monoisotopic (exact) mass is 253 g/mol. The summed E-state index contributed by atoms with van der Waals surface area (Å²) in [4.78, 5) is 2.49. The molecule has 0 fully saturated rings. The first kappa shape index (κ1) is 17.4. The fourth-order valence-corrected chi connectivity index (χ4v) is 2.02. The highest BCUT2D eigenvalue weighted by molar-refractivity contribution is 4.90. The highest BCUT2D eigenvalue weighted by Gasteiger charge is 2.12. The Hall–Kier alpha value is -0.590. The van der Waals surface area contributed by atoms with E-state index in [1.54, 1.807) is 0 Å². The first-order valence-corrected chi connectivity index (χ1v) is 7.52. The Bertz CT molecular complexity index is 220. The van der Waals surface area contributed by atoms with Crippen LogP contribution < -0.4 is 5.32 Å². The van der Waals surface area contributed by atoms with E-state index in [1.165, 1.54) is 19.3 Å². The Morgan fingerprint density at radius 3 is 2.33 bits per heavy atom. The van der Waals surface area contributed by atoms with Gasteiger partial charge in [0.15, 0.2) is 0 Å². The zero-order valence-electron chi connectivity index (χ0n) is 12.7. The summed E-state index contributed by atoms with van der Waals surface area (Å²) in [6.07, 6.45) is 5.86. The predicted molar refractivity (Wildman–Crippen MR) is 78.5 cm³/mol. The van der Waals surface area contributed by atoms with Gasteiger partial charge in [0.25, 0.3) is 0 Å². The van der Waals surface area contributed by atoms with Crippen LogP contribution in [-0.4, -0.2) is 36.6 Å². The van der Waals surface area contributed by atoms with Crippen molar-refractivity contribution in [2.75, 3.05) is 19.6 Å². The minimum Gasteiger partial charge on any atom is -0.302 e. The van der Waals surface area contributed by atoms with Gasteiger partial charge in [0.05, 0.1) is 12.1 Å². The highest BCUT2D eigenvalue weighted by atomic mass is 15.1. The lowest BCUT2D eigenvalue weighted by atomic mass is 10.1. The lowest BCUT2D eigenvalue weighted by molar-refractivity contribution is 0.210. The highest BCUT2D eigenvalue weighted by Crippen LogP contribution is 2.05.